The van der Waals surface area contributed by atoms with Gasteiger partial charge in [-0.15, -0.1) is 0 Å². The molecule has 2 heterocycles. The molecule has 1 aliphatic heterocycles. The van der Waals surface area contributed by atoms with Gasteiger partial charge in [0.1, 0.15) is 10.6 Å². The summed E-state index contributed by atoms with van der Waals surface area (Å²) in [5.41, 5.74) is 2.38. The summed E-state index contributed by atoms with van der Waals surface area (Å²) in [5, 5.41) is 3.69. The van der Waals surface area contributed by atoms with Crippen molar-refractivity contribution >= 4 is 15.7 Å². The van der Waals surface area contributed by atoms with Crippen LogP contribution in [0.2, 0.25) is 0 Å². The van der Waals surface area contributed by atoms with Crippen LogP contribution in [0.25, 0.3) is 0 Å². The Kier molecular flexibility index (Phi) is 4.88. The highest BCUT2D eigenvalue weighted by molar-refractivity contribution is 7.89. The third-order valence-corrected chi connectivity index (χ3v) is 5.66. The summed E-state index contributed by atoms with van der Waals surface area (Å²) in [7, 11) is -3.64. The van der Waals surface area contributed by atoms with Gasteiger partial charge in [0.15, 0.2) is 5.76 Å². The zero-order valence-electron chi connectivity index (χ0n) is 13.8. The molecule has 2 aromatic rings. The standard InChI is InChI=1S/C16H21N3O4S/c1-12-16(13(2)23-18-12)24(20,21)17-11-14-3-5-15(6-4-14)19-7-9-22-10-8-19/h3-6,17H,7-11H2,1-2H3. The van der Waals surface area contributed by atoms with Crippen molar-refractivity contribution in [2.75, 3.05) is 31.2 Å². The molecule has 0 unspecified atom stereocenters. The fourth-order valence-corrected chi connectivity index (χ4v) is 4.10. The van der Waals surface area contributed by atoms with E-state index >= 15 is 0 Å². The average Bonchev–Trinajstić information content (AvgIpc) is 2.94. The highest BCUT2D eigenvalue weighted by Crippen LogP contribution is 2.20. The number of ether oxygens (including phenoxy) is 1. The fourth-order valence-electron chi connectivity index (χ4n) is 2.75. The van der Waals surface area contributed by atoms with Crippen LogP contribution >= 0.6 is 0 Å². The average molecular weight is 351 g/mol. The van der Waals surface area contributed by atoms with E-state index < -0.39 is 10.0 Å². The van der Waals surface area contributed by atoms with Crippen molar-refractivity contribution in [1.29, 1.82) is 0 Å². The predicted octanol–water partition coefficient (Wildman–Crippen LogP) is 1.61. The number of hydrogen-bond donors (Lipinski definition) is 1. The summed E-state index contributed by atoms with van der Waals surface area (Å²) in [5.74, 6) is 0.294. The van der Waals surface area contributed by atoms with Crippen LogP contribution in [-0.4, -0.2) is 39.9 Å². The van der Waals surface area contributed by atoms with Gasteiger partial charge in [-0.1, -0.05) is 17.3 Å². The smallest absolute Gasteiger partial charge is 0.246 e. The van der Waals surface area contributed by atoms with Crippen LogP contribution in [0.4, 0.5) is 5.69 Å². The van der Waals surface area contributed by atoms with E-state index in [4.69, 9.17) is 9.26 Å². The summed E-state index contributed by atoms with van der Waals surface area (Å²) in [6.07, 6.45) is 0. The molecule has 0 spiro atoms. The highest BCUT2D eigenvalue weighted by atomic mass is 32.2. The van der Waals surface area contributed by atoms with Gasteiger partial charge in [0.05, 0.1) is 13.2 Å². The van der Waals surface area contributed by atoms with Gasteiger partial charge in [-0.05, 0) is 31.5 Å². The zero-order valence-corrected chi connectivity index (χ0v) is 14.6. The van der Waals surface area contributed by atoms with Crippen molar-refractivity contribution in [1.82, 2.24) is 9.88 Å². The fraction of sp³-hybridized carbons (Fsp3) is 0.438. The first-order valence-corrected chi connectivity index (χ1v) is 9.30. The first-order valence-electron chi connectivity index (χ1n) is 7.81. The topological polar surface area (TPSA) is 84.7 Å². The van der Waals surface area contributed by atoms with Gasteiger partial charge in [0.2, 0.25) is 10.0 Å². The molecule has 130 valence electrons. The number of morpholine rings is 1. The molecule has 0 radical (unpaired) electrons. The normalized spacial score (nSPS) is 15.7. The van der Waals surface area contributed by atoms with Gasteiger partial charge in [-0.25, -0.2) is 13.1 Å². The third-order valence-electron chi connectivity index (χ3n) is 4.02. The molecule has 24 heavy (non-hydrogen) atoms. The van der Waals surface area contributed by atoms with Gasteiger partial charge >= 0.3 is 0 Å². The molecule has 1 aliphatic rings. The van der Waals surface area contributed by atoms with Crippen LogP contribution in [0.3, 0.4) is 0 Å². The van der Waals surface area contributed by atoms with Crippen molar-refractivity contribution in [3.05, 3.63) is 41.3 Å². The van der Waals surface area contributed by atoms with E-state index in [0.717, 1.165) is 37.6 Å². The van der Waals surface area contributed by atoms with Crippen LogP contribution < -0.4 is 9.62 Å². The van der Waals surface area contributed by atoms with Crippen LogP contribution in [0.1, 0.15) is 17.0 Å². The minimum Gasteiger partial charge on any atom is -0.378 e. The Morgan fingerprint density at radius 1 is 1.17 bits per heavy atom. The molecule has 0 amide bonds. The number of aryl methyl sites for hydroxylation is 2. The number of anilines is 1. The summed E-state index contributed by atoms with van der Waals surface area (Å²) in [4.78, 5) is 2.37. The molecule has 8 heteroatoms. The maximum Gasteiger partial charge on any atom is 0.246 e. The molecule has 3 rings (SSSR count). The molecule has 0 aliphatic carbocycles. The second-order valence-corrected chi connectivity index (χ2v) is 7.45. The van der Waals surface area contributed by atoms with Crippen molar-refractivity contribution in [3.8, 4) is 0 Å². The van der Waals surface area contributed by atoms with Crippen LogP contribution in [0.15, 0.2) is 33.7 Å². The van der Waals surface area contributed by atoms with Gasteiger partial charge in [0, 0.05) is 25.3 Å². The Labute approximate surface area is 141 Å². The number of nitrogens with zero attached hydrogens (tertiary/aromatic N) is 2. The molecule has 0 saturated carbocycles. The number of hydrogen-bond acceptors (Lipinski definition) is 6. The van der Waals surface area contributed by atoms with Crippen LogP contribution in [-0.2, 0) is 21.3 Å². The molecular weight excluding hydrogens is 330 g/mol. The van der Waals surface area contributed by atoms with E-state index in [1.807, 2.05) is 24.3 Å². The van der Waals surface area contributed by atoms with E-state index in [2.05, 4.69) is 14.8 Å². The van der Waals surface area contributed by atoms with E-state index in [0.29, 0.717) is 11.5 Å². The quantitative estimate of drug-likeness (QED) is 0.881. The lowest BCUT2D eigenvalue weighted by Crippen LogP contribution is -2.36. The van der Waals surface area contributed by atoms with Gasteiger partial charge in [-0.3, -0.25) is 0 Å². The maximum absolute atomic E-state index is 12.4. The summed E-state index contributed by atoms with van der Waals surface area (Å²) in [6, 6.07) is 7.87. The van der Waals surface area contributed by atoms with Gasteiger partial charge < -0.3 is 14.2 Å². The predicted molar refractivity (Wildman–Crippen MR) is 89.5 cm³/mol. The molecular formula is C16H21N3O4S. The lowest BCUT2D eigenvalue weighted by atomic mass is 10.2. The third kappa shape index (κ3) is 3.61. The molecule has 0 bridgehead atoms. The highest BCUT2D eigenvalue weighted by Gasteiger charge is 2.23. The zero-order chi connectivity index (χ0) is 17.2. The Bertz CT molecular complexity index is 774. The van der Waals surface area contributed by atoms with Gasteiger partial charge in [0.25, 0.3) is 0 Å². The number of aromatic nitrogens is 1. The summed E-state index contributed by atoms with van der Waals surface area (Å²) in [6.45, 7) is 6.64. The lowest BCUT2D eigenvalue weighted by Gasteiger charge is -2.28. The number of benzene rings is 1. The molecule has 7 nitrogen and oxygen atoms in total. The van der Waals surface area contributed by atoms with Gasteiger partial charge in [-0.2, -0.15) is 0 Å². The first kappa shape index (κ1) is 16.9. The summed E-state index contributed by atoms with van der Waals surface area (Å²) < 4.78 is 37.7. The molecule has 1 saturated heterocycles. The lowest BCUT2D eigenvalue weighted by molar-refractivity contribution is 0.122. The molecule has 1 aromatic carbocycles. The minimum atomic E-state index is -3.64. The van der Waals surface area contributed by atoms with E-state index in [1.165, 1.54) is 0 Å². The Hall–Kier alpha value is -1.90. The number of sulfonamides is 1. The second kappa shape index (κ2) is 6.92. The summed E-state index contributed by atoms with van der Waals surface area (Å²) >= 11 is 0. The van der Waals surface area contributed by atoms with Crippen molar-refractivity contribution < 1.29 is 17.7 Å². The van der Waals surface area contributed by atoms with E-state index in [-0.39, 0.29) is 11.4 Å². The largest absolute Gasteiger partial charge is 0.378 e. The SMILES string of the molecule is Cc1noc(C)c1S(=O)(=O)NCc1ccc(N2CCOCC2)cc1. The van der Waals surface area contributed by atoms with Crippen molar-refractivity contribution in [3.63, 3.8) is 0 Å². The van der Waals surface area contributed by atoms with Crippen molar-refractivity contribution in [2.24, 2.45) is 0 Å². The molecule has 0 atom stereocenters. The molecule has 1 fully saturated rings. The van der Waals surface area contributed by atoms with Crippen LogP contribution in [0.5, 0.6) is 0 Å². The minimum absolute atomic E-state index is 0.118. The monoisotopic (exact) mass is 351 g/mol. The van der Waals surface area contributed by atoms with Crippen molar-refractivity contribution in [2.45, 2.75) is 25.3 Å². The Balaban J connectivity index is 1.66. The van der Waals surface area contributed by atoms with E-state index in [1.54, 1.807) is 13.8 Å². The molecule has 1 aromatic heterocycles. The van der Waals surface area contributed by atoms with Crippen LogP contribution in [0, 0.1) is 13.8 Å². The second-order valence-electron chi connectivity index (χ2n) is 5.74. The van der Waals surface area contributed by atoms with E-state index in [9.17, 15) is 8.42 Å². The Morgan fingerprint density at radius 3 is 2.42 bits per heavy atom. The molecule has 1 N–H and O–H groups in total. The Morgan fingerprint density at radius 2 is 1.83 bits per heavy atom. The number of nitrogens with one attached hydrogen (secondary N) is 1. The maximum atomic E-state index is 12.4. The first-order chi connectivity index (χ1) is 11.5. The number of rotatable bonds is 5.